The van der Waals surface area contributed by atoms with Crippen LogP contribution in [0.5, 0.6) is 5.75 Å². The summed E-state index contributed by atoms with van der Waals surface area (Å²) in [5.41, 5.74) is 2.59. The first kappa shape index (κ1) is 19.8. The van der Waals surface area contributed by atoms with Crippen molar-refractivity contribution >= 4 is 28.9 Å². The van der Waals surface area contributed by atoms with Crippen LogP contribution in [0.25, 0.3) is 0 Å². The summed E-state index contributed by atoms with van der Waals surface area (Å²) in [7, 11) is 0. The van der Waals surface area contributed by atoms with Gasteiger partial charge >= 0.3 is 5.97 Å². The number of nitrogens with zero attached hydrogens (tertiary/aromatic N) is 2. The first-order valence-corrected chi connectivity index (χ1v) is 8.85. The fraction of sp³-hybridized carbons (Fsp3) is 0.0909. The SMILES string of the molecule is Cc1ccccc1NC(=O)COC(=O)c1ccccc1N=Nc1ccc(O)cc1. The maximum Gasteiger partial charge on any atom is 0.340 e. The lowest BCUT2D eigenvalue weighted by atomic mass is 10.2. The highest BCUT2D eigenvalue weighted by molar-refractivity contribution is 5.98. The lowest BCUT2D eigenvalue weighted by Gasteiger charge is -2.09. The molecule has 3 aromatic rings. The lowest BCUT2D eigenvalue weighted by molar-refractivity contribution is -0.119. The average molecular weight is 389 g/mol. The number of nitrogens with one attached hydrogen (secondary N) is 1. The van der Waals surface area contributed by atoms with Crippen molar-refractivity contribution in [3.63, 3.8) is 0 Å². The number of amides is 1. The van der Waals surface area contributed by atoms with Crippen LogP contribution in [0.3, 0.4) is 0 Å². The van der Waals surface area contributed by atoms with Crippen molar-refractivity contribution in [2.75, 3.05) is 11.9 Å². The van der Waals surface area contributed by atoms with Crippen molar-refractivity contribution in [2.45, 2.75) is 6.92 Å². The molecule has 29 heavy (non-hydrogen) atoms. The number of aryl methyl sites for hydroxylation is 1. The monoisotopic (exact) mass is 389 g/mol. The van der Waals surface area contributed by atoms with Crippen LogP contribution in [0.15, 0.2) is 83.0 Å². The number of phenolic OH excluding ortho intramolecular Hbond substituents is 1. The van der Waals surface area contributed by atoms with Gasteiger partial charge in [-0.15, -0.1) is 5.11 Å². The molecule has 0 atom stereocenters. The van der Waals surface area contributed by atoms with Crippen LogP contribution in [0.4, 0.5) is 17.1 Å². The van der Waals surface area contributed by atoms with Crippen LogP contribution in [-0.4, -0.2) is 23.6 Å². The van der Waals surface area contributed by atoms with E-state index in [0.717, 1.165) is 5.56 Å². The number of carbonyl (C=O) groups excluding carboxylic acids is 2. The van der Waals surface area contributed by atoms with Gasteiger partial charge < -0.3 is 15.2 Å². The van der Waals surface area contributed by atoms with Crippen LogP contribution in [0.1, 0.15) is 15.9 Å². The summed E-state index contributed by atoms with van der Waals surface area (Å²) in [5.74, 6) is -0.988. The Bertz CT molecular complexity index is 1050. The Hall–Kier alpha value is -4.00. The van der Waals surface area contributed by atoms with Gasteiger partial charge in [0.1, 0.15) is 11.4 Å². The van der Waals surface area contributed by atoms with Crippen molar-refractivity contribution < 1.29 is 19.4 Å². The van der Waals surface area contributed by atoms with Crippen molar-refractivity contribution in [1.29, 1.82) is 0 Å². The van der Waals surface area contributed by atoms with E-state index in [1.807, 2.05) is 25.1 Å². The third kappa shape index (κ3) is 5.49. The van der Waals surface area contributed by atoms with E-state index in [0.29, 0.717) is 17.1 Å². The summed E-state index contributed by atoms with van der Waals surface area (Å²) in [6.45, 7) is 1.45. The first-order valence-electron chi connectivity index (χ1n) is 8.85. The molecule has 0 radical (unpaired) electrons. The molecular weight excluding hydrogens is 370 g/mol. The Morgan fingerprint density at radius 3 is 2.38 bits per heavy atom. The molecule has 0 spiro atoms. The van der Waals surface area contributed by atoms with E-state index >= 15 is 0 Å². The number of phenols is 1. The van der Waals surface area contributed by atoms with Crippen LogP contribution in [0, 0.1) is 6.92 Å². The van der Waals surface area contributed by atoms with Gasteiger partial charge in [0.25, 0.3) is 5.91 Å². The molecule has 3 rings (SSSR count). The molecule has 3 aromatic carbocycles. The molecule has 0 aromatic heterocycles. The number of ether oxygens (including phenoxy) is 1. The number of hydrogen-bond donors (Lipinski definition) is 2. The molecule has 2 N–H and O–H groups in total. The summed E-state index contributed by atoms with van der Waals surface area (Å²) in [4.78, 5) is 24.5. The molecule has 1 amide bonds. The first-order chi connectivity index (χ1) is 14.0. The summed E-state index contributed by atoms with van der Waals surface area (Å²) < 4.78 is 5.12. The zero-order chi connectivity index (χ0) is 20.6. The van der Waals surface area contributed by atoms with Gasteiger partial charge in [0.2, 0.25) is 0 Å². The number of aromatic hydroxyl groups is 1. The normalized spacial score (nSPS) is 10.7. The number of para-hydroxylation sites is 1. The highest BCUT2D eigenvalue weighted by atomic mass is 16.5. The molecule has 0 aliphatic rings. The van der Waals surface area contributed by atoms with E-state index in [1.54, 1.807) is 42.5 Å². The van der Waals surface area contributed by atoms with Gasteiger partial charge in [-0.05, 0) is 55.0 Å². The zero-order valence-corrected chi connectivity index (χ0v) is 15.7. The summed E-state index contributed by atoms with van der Waals surface area (Å²) in [6, 6.07) is 20.0. The van der Waals surface area contributed by atoms with Gasteiger partial charge in [-0.25, -0.2) is 4.79 Å². The molecule has 0 aliphatic carbocycles. The van der Waals surface area contributed by atoms with E-state index in [1.165, 1.54) is 12.1 Å². The molecule has 7 nitrogen and oxygen atoms in total. The number of azo groups is 1. The molecule has 0 fully saturated rings. The quantitative estimate of drug-likeness (QED) is 0.462. The van der Waals surface area contributed by atoms with E-state index in [2.05, 4.69) is 15.5 Å². The Labute approximate surface area is 167 Å². The molecule has 0 saturated carbocycles. The predicted octanol–water partition coefficient (Wildman–Crippen LogP) is 4.91. The minimum Gasteiger partial charge on any atom is -0.508 e. The van der Waals surface area contributed by atoms with Gasteiger partial charge in [0.15, 0.2) is 6.61 Å². The maximum atomic E-state index is 12.4. The van der Waals surface area contributed by atoms with Gasteiger partial charge in [-0.3, -0.25) is 4.79 Å². The molecule has 0 unspecified atom stereocenters. The van der Waals surface area contributed by atoms with Crippen LogP contribution < -0.4 is 5.32 Å². The van der Waals surface area contributed by atoms with Crippen LogP contribution >= 0.6 is 0 Å². The highest BCUT2D eigenvalue weighted by Crippen LogP contribution is 2.24. The van der Waals surface area contributed by atoms with E-state index in [-0.39, 0.29) is 11.3 Å². The van der Waals surface area contributed by atoms with Gasteiger partial charge in [-0.1, -0.05) is 30.3 Å². The number of benzene rings is 3. The molecule has 0 heterocycles. The van der Waals surface area contributed by atoms with Gasteiger partial charge in [0.05, 0.1) is 11.3 Å². The van der Waals surface area contributed by atoms with Crippen LogP contribution in [0.2, 0.25) is 0 Å². The third-order valence-electron chi connectivity index (χ3n) is 4.00. The number of hydrogen-bond acceptors (Lipinski definition) is 6. The second-order valence-corrected chi connectivity index (χ2v) is 6.17. The largest absolute Gasteiger partial charge is 0.508 e. The minimum absolute atomic E-state index is 0.122. The van der Waals surface area contributed by atoms with Crippen molar-refractivity contribution in [3.8, 4) is 5.75 Å². The molecule has 7 heteroatoms. The topological polar surface area (TPSA) is 100 Å². The summed E-state index contributed by atoms with van der Waals surface area (Å²) >= 11 is 0. The smallest absolute Gasteiger partial charge is 0.340 e. The summed E-state index contributed by atoms with van der Waals surface area (Å²) in [5, 5.41) is 20.1. The minimum atomic E-state index is -0.676. The average Bonchev–Trinajstić information content (AvgIpc) is 2.73. The Morgan fingerprint density at radius 2 is 1.62 bits per heavy atom. The molecule has 0 aliphatic heterocycles. The molecule has 0 saturated heterocycles. The number of rotatable bonds is 6. The zero-order valence-electron chi connectivity index (χ0n) is 15.7. The number of carbonyl (C=O) groups is 2. The Balaban J connectivity index is 1.64. The Kier molecular flexibility index (Phi) is 6.32. The van der Waals surface area contributed by atoms with E-state index in [4.69, 9.17) is 4.74 Å². The van der Waals surface area contributed by atoms with Crippen molar-refractivity contribution in [1.82, 2.24) is 0 Å². The maximum absolute atomic E-state index is 12.4. The van der Waals surface area contributed by atoms with Crippen molar-refractivity contribution in [3.05, 3.63) is 83.9 Å². The molecule has 146 valence electrons. The van der Waals surface area contributed by atoms with Gasteiger partial charge in [0, 0.05) is 5.69 Å². The standard InChI is InChI=1S/C22H19N3O4/c1-15-6-2-4-8-19(15)23-21(27)14-29-22(28)18-7-3-5-9-20(18)25-24-16-10-12-17(26)13-11-16/h2-13,26H,14H2,1H3,(H,23,27). The van der Waals surface area contributed by atoms with Crippen LogP contribution in [-0.2, 0) is 9.53 Å². The number of anilines is 1. The summed E-state index contributed by atoms with van der Waals surface area (Å²) in [6.07, 6.45) is 0. The van der Waals surface area contributed by atoms with Gasteiger partial charge in [-0.2, -0.15) is 5.11 Å². The molecule has 0 bridgehead atoms. The predicted molar refractivity (Wildman–Crippen MR) is 109 cm³/mol. The molecular formula is C22H19N3O4. The highest BCUT2D eigenvalue weighted by Gasteiger charge is 2.14. The number of esters is 1. The lowest BCUT2D eigenvalue weighted by Crippen LogP contribution is -2.21. The fourth-order valence-electron chi connectivity index (χ4n) is 2.47. The van der Waals surface area contributed by atoms with E-state index in [9.17, 15) is 14.7 Å². The van der Waals surface area contributed by atoms with Crippen molar-refractivity contribution in [2.24, 2.45) is 10.2 Å². The second-order valence-electron chi connectivity index (χ2n) is 6.17. The second kappa shape index (κ2) is 9.27. The third-order valence-corrected chi connectivity index (χ3v) is 4.00. The Morgan fingerprint density at radius 1 is 0.931 bits per heavy atom. The fourth-order valence-corrected chi connectivity index (χ4v) is 2.47. The van der Waals surface area contributed by atoms with E-state index < -0.39 is 18.5 Å².